The van der Waals surface area contributed by atoms with Crippen LogP contribution in [0.25, 0.3) is 0 Å². The summed E-state index contributed by atoms with van der Waals surface area (Å²) in [5.41, 5.74) is 0.498. The quantitative estimate of drug-likeness (QED) is 0.708. The fourth-order valence-corrected chi connectivity index (χ4v) is 8.45. The van der Waals surface area contributed by atoms with Crippen LogP contribution in [-0.4, -0.2) is 26.4 Å². The van der Waals surface area contributed by atoms with Gasteiger partial charge in [0.05, 0.1) is 0 Å². The maximum Gasteiger partial charge on any atom is 0.316 e. The Bertz CT molecular complexity index is 799. The second-order valence-electron chi connectivity index (χ2n) is 10.0. The van der Waals surface area contributed by atoms with E-state index in [1.165, 1.54) is 12.8 Å². The van der Waals surface area contributed by atoms with Crippen molar-refractivity contribution in [3.63, 3.8) is 0 Å². The van der Waals surface area contributed by atoms with Crippen LogP contribution in [0.3, 0.4) is 0 Å². The zero-order valence-electron chi connectivity index (χ0n) is 17.0. The number of aromatic nitrogens is 2. The number of hydrogen-bond acceptors (Lipinski definition) is 5. The lowest BCUT2D eigenvalue weighted by molar-refractivity contribution is -0.108. The molecule has 2 heterocycles. The van der Waals surface area contributed by atoms with Gasteiger partial charge in [-0.1, -0.05) is 38.6 Å². The van der Waals surface area contributed by atoms with Gasteiger partial charge in [-0.05, 0) is 73.3 Å². The van der Waals surface area contributed by atoms with Gasteiger partial charge < -0.3 is 4.74 Å². The number of fused-ring (bicyclic) bond motifs is 5. The summed E-state index contributed by atoms with van der Waals surface area (Å²) in [6, 6.07) is 2.34. The number of nitrogens with zero attached hydrogens (tertiary/aromatic N) is 2. The van der Waals surface area contributed by atoms with Crippen molar-refractivity contribution < 1.29 is 9.53 Å². The highest BCUT2D eigenvalue weighted by molar-refractivity contribution is 8.14. The Morgan fingerprint density at radius 1 is 1.18 bits per heavy atom. The van der Waals surface area contributed by atoms with E-state index in [1.54, 1.807) is 24.2 Å². The minimum atomic E-state index is 0.151. The highest BCUT2D eigenvalue weighted by Crippen LogP contribution is 2.66. The van der Waals surface area contributed by atoms with E-state index in [4.69, 9.17) is 4.74 Å². The highest BCUT2D eigenvalue weighted by Gasteiger charge is 2.61. The summed E-state index contributed by atoms with van der Waals surface area (Å²) in [7, 11) is 0. The molecule has 150 valence electrons. The zero-order chi connectivity index (χ0) is 19.5. The standard InChI is InChI=1S/C23H30N2O2S/c1-14-11-18-23(3,8-6-19(26)28-18)16-5-7-22(2)13-15(12-17(22)20(14)16)27-21-24-9-4-10-25-21/h4,6,8-10,14-18,20H,5,7,11-13H2,1-3H3/t14-,15-,16-,17-,18+,20+,22+,23+/m0/s1. The largest absolute Gasteiger partial charge is 0.460 e. The van der Waals surface area contributed by atoms with Crippen molar-refractivity contribution in [3.05, 3.63) is 30.6 Å². The average molecular weight is 399 g/mol. The third-order valence-electron chi connectivity index (χ3n) is 8.45. The van der Waals surface area contributed by atoms with Gasteiger partial charge in [0.25, 0.3) is 0 Å². The Morgan fingerprint density at radius 3 is 2.75 bits per heavy atom. The Hall–Kier alpha value is -1.36. The van der Waals surface area contributed by atoms with Crippen LogP contribution in [0.4, 0.5) is 0 Å². The molecule has 0 saturated heterocycles. The van der Waals surface area contributed by atoms with Gasteiger partial charge in [0.15, 0.2) is 0 Å². The number of carbonyl (C=O) groups excluding carboxylic acids is 1. The van der Waals surface area contributed by atoms with Crippen molar-refractivity contribution in [1.29, 1.82) is 0 Å². The Labute approximate surface area is 171 Å². The maximum absolute atomic E-state index is 12.0. The summed E-state index contributed by atoms with van der Waals surface area (Å²) in [6.07, 6.45) is 13.7. The molecule has 1 aliphatic heterocycles. The Balaban J connectivity index is 1.42. The summed E-state index contributed by atoms with van der Waals surface area (Å²) in [6.45, 7) is 7.33. The average Bonchev–Trinajstić information content (AvgIpc) is 3.00. The Morgan fingerprint density at radius 2 is 1.96 bits per heavy atom. The third kappa shape index (κ3) is 2.84. The fraction of sp³-hybridized carbons (Fsp3) is 0.696. The van der Waals surface area contributed by atoms with Crippen molar-refractivity contribution in [2.45, 2.75) is 64.2 Å². The maximum atomic E-state index is 12.0. The molecule has 3 fully saturated rings. The van der Waals surface area contributed by atoms with Crippen LogP contribution in [0, 0.1) is 34.5 Å². The lowest BCUT2D eigenvalue weighted by atomic mass is 9.48. The van der Waals surface area contributed by atoms with Gasteiger partial charge >= 0.3 is 6.01 Å². The van der Waals surface area contributed by atoms with Gasteiger partial charge in [-0.25, -0.2) is 9.97 Å². The molecule has 0 spiro atoms. The van der Waals surface area contributed by atoms with Crippen LogP contribution >= 0.6 is 11.8 Å². The van der Waals surface area contributed by atoms with Crippen molar-refractivity contribution in [1.82, 2.24) is 9.97 Å². The van der Waals surface area contributed by atoms with E-state index in [1.807, 2.05) is 12.1 Å². The summed E-state index contributed by atoms with van der Waals surface area (Å²) in [5.74, 6) is 2.72. The van der Waals surface area contributed by atoms with Crippen molar-refractivity contribution >= 4 is 16.9 Å². The predicted octanol–water partition coefficient (Wildman–Crippen LogP) is 4.91. The Kier molecular flexibility index (Phi) is 4.38. The van der Waals surface area contributed by atoms with Crippen LogP contribution in [0.15, 0.2) is 30.6 Å². The number of thioether (sulfide) groups is 1. The van der Waals surface area contributed by atoms with E-state index in [9.17, 15) is 4.79 Å². The first-order chi connectivity index (χ1) is 13.4. The minimum Gasteiger partial charge on any atom is -0.460 e. The van der Waals surface area contributed by atoms with E-state index in [0.717, 1.165) is 19.3 Å². The van der Waals surface area contributed by atoms with E-state index < -0.39 is 0 Å². The van der Waals surface area contributed by atoms with Crippen LogP contribution < -0.4 is 4.74 Å². The smallest absolute Gasteiger partial charge is 0.316 e. The van der Waals surface area contributed by atoms with Crippen LogP contribution in [0.2, 0.25) is 0 Å². The molecule has 5 rings (SSSR count). The first kappa shape index (κ1) is 18.7. The third-order valence-corrected chi connectivity index (χ3v) is 9.80. The van der Waals surface area contributed by atoms with E-state index in [2.05, 4.69) is 36.8 Å². The molecule has 1 aromatic rings. The van der Waals surface area contributed by atoms with Gasteiger partial charge in [0.2, 0.25) is 5.12 Å². The van der Waals surface area contributed by atoms with Crippen LogP contribution in [0.5, 0.6) is 6.01 Å². The number of ether oxygens (including phenoxy) is 1. The molecule has 4 nitrogen and oxygen atoms in total. The van der Waals surface area contributed by atoms with Crippen LogP contribution in [0.1, 0.15) is 52.9 Å². The first-order valence-corrected chi connectivity index (χ1v) is 11.6. The zero-order valence-corrected chi connectivity index (χ0v) is 17.8. The molecule has 28 heavy (non-hydrogen) atoms. The number of carbonyl (C=O) groups is 1. The monoisotopic (exact) mass is 398 g/mol. The second-order valence-corrected chi connectivity index (χ2v) is 11.2. The fourth-order valence-electron chi connectivity index (χ4n) is 7.11. The highest BCUT2D eigenvalue weighted by atomic mass is 32.2. The van der Waals surface area contributed by atoms with Gasteiger partial charge in [-0.3, -0.25) is 4.79 Å². The normalized spacial score (nSPS) is 47.2. The number of allylic oxidation sites excluding steroid dienone is 1. The second kappa shape index (κ2) is 6.58. The first-order valence-electron chi connectivity index (χ1n) is 10.7. The molecule has 0 aromatic carbocycles. The topological polar surface area (TPSA) is 52.1 Å². The molecular weight excluding hydrogens is 368 g/mol. The molecule has 0 amide bonds. The molecule has 5 heteroatoms. The number of rotatable bonds is 2. The van der Waals surface area contributed by atoms with Gasteiger partial charge in [-0.15, -0.1) is 0 Å². The van der Waals surface area contributed by atoms with Gasteiger partial charge in [0.1, 0.15) is 6.10 Å². The molecule has 3 saturated carbocycles. The summed E-state index contributed by atoms with van der Waals surface area (Å²) >= 11 is 1.59. The molecule has 3 aliphatic carbocycles. The van der Waals surface area contributed by atoms with E-state index in [-0.39, 0.29) is 16.6 Å². The molecule has 0 unspecified atom stereocenters. The van der Waals surface area contributed by atoms with Crippen molar-refractivity contribution in [2.75, 3.05) is 0 Å². The molecule has 1 aromatic heterocycles. The SMILES string of the molecule is C[C@H]1C[C@H]2SC(=O)C=C[C@]2(C)[C@H]2CC[C@]3(C)C[C@@H](Oc4ncccn4)C[C@H]3[C@H]12. The van der Waals surface area contributed by atoms with E-state index in [0.29, 0.717) is 40.3 Å². The summed E-state index contributed by atoms with van der Waals surface area (Å²) < 4.78 is 6.21. The van der Waals surface area contributed by atoms with Gasteiger partial charge in [-0.2, -0.15) is 0 Å². The molecule has 0 N–H and O–H groups in total. The molecular formula is C23H30N2O2S. The van der Waals surface area contributed by atoms with Crippen molar-refractivity contribution in [2.24, 2.45) is 34.5 Å². The van der Waals surface area contributed by atoms with Crippen molar-refractivity contribution in [3.8, 4) is 6.01 Å². The molecule has 0 radical (unpaired) electrons. The van der Waals surface area contributed by atoms with Gasteiger partial charge in [0, 0.05) is 23.1 Å². The van der Waals surface area contributed by atoms with Crippen LogP contribution in [-0.2, 0) is 4.79 Å². The van der Waals surface area contributed by atoms with E-state index >= 15 is 0 Å². The lowest BCUT2D eigenvalue weighted by Crippen LogP contribution is -2.55. The number of hydrogen-bond donors (Lipinski definition) is 0. The predicted molar refractivity (Wildman–Crippen MR) is 111 cm³/mol. The summed E-state index contributed by atoms with van der Waals surface area (Å²) in [5, 5.41) is 0.683. The summed E-state index contributed by atoms with van der Waals surface area (Å²) in [4.78, 5) is 20.6. The molecule has 4 aliphatic rings. The molecule has 0 bridgehead atoms. The molecule has 8 atom stereocenters. The lowest BCUT2D eigenvalue weighted by Gasteiger charge is -2.59. The minimum absolute atomic E-state index is 0.151.